The minimum Gasteiger partial charge on any atom is -0.396 e. The zero-order valence-electron chi connectivity index (χ0n) is 20.8. The van der Waals surface area contributed by atoms with E-state index in [1.54, 1.807) is 30.3 Å². The molecule has 1 amide bonds. The molecule has 1 unspecified atom stereocenters. The van der Waals surface area contributed by atoms with Gasteiger partial charge >= 0.3 is 6.18 Å². The number of hydrogen-bond acceptors (Lipinski definition) is 5. The van der Waals surface area contributed by atoms with Gasteiger partial charge in [-0.25, -0.2) is 0 Å². The van der Waals surface area contributed by atoms with Crippen molar-refractivity contribution in [3.05, 3.63) is 79.8 Å². The van der Waals surface area contributed by atoms with Gasteiger partial charge in [0.15, 0.2) is 0 Å². The van der Waals surface area contributed by atoms with E-state index in [2.05, 4.69) is 10.3 Å². The molecule has 1 aliphatic rings. The van der Waals surface area contributed by atoms with Crippen molar-refractivity contribution in [1.82, 2.24) is 0 Å². The van der Waals surface area contributed by atoms with E-state index in [0.29, 0.717) is 28.5 Å². The zero-order valence-corrected chi connectivity index (χ0v) is 23.0. The molecule has 206 valence electrons. The fraction of sp³-hybridized carbons (Fsp3) is 0.296. The molecular formula is C27H23Cl3F3N3O3. The Morgan fingerprint density at radius 3 is 2.41 bits per heavy atom. The quantitative estimate of drug-likeness (QED) is 0.163. The maximum absolute atomic E-state index is 14.6. The largest absolute Gasteiger partial charge is 0.435 e. The summed E-state index contributed by atoms with van der Waals surface area (Å²) in [6.07, 6.45) is -3.98. The Balaban J connectivity index is 1.82. The molecule has 0 aliphatic carbocycles. The third-order valence-electron chi connectivity index (χ3n) is 6.19. The Kier molecular flexibility index (Phi) is 8.35. The highest BCUT2D eigenvalue weighted by Gasteiger charge is 2.62. The number of carbonyl (C=O) groups excluding carboxylic acids is 1. The van der Waals surface area contributed by atoms with Crippen LogP contribution in [0.15, 0.2) is 52.8 Å². The lowest BCUT2D eigenvalue weighted by Crippen LogP contribution is -2.42. The van der Waals surface area contributed by atoms with Gasteiger partial charge in [-0.3, -0.25) is 4.79 Å². The summed E-state index contributed by atoms with van der Waals surface area (Å²) in [5.74, 6) is -0.431. The summed E-state index contributed by atoms with van der Waals surface area (Å²) >= 11 is 18.1. The van der Waals surface area contributed by atoms with Gasteiger partial charge in [0.2, 0.25) is 5.91 Å². The minimum atomic E-state index is -4.90. The molecule has 0 bridgehead atoms. The highest BCUT2D eigenvalue weighted by Crippen LogP contribution is 2.51. The average molecular weight is 601 g/mol. The number of nitrogens with zero attached hydrogens (tertiary/aromatic N) is 2. The minimum absolute atomic E-state index is 0.0102. The van der Waals surface area contributed by atoms with Gasteiger partial charge < -0.3 is 15.4 Å². The monoisotopic (exact) mass is 599 g/mol. The number of rotatable bonds is 8. The molecule has 0 aromatic heterocycles. The van der Waals surface area contributed by atoms with Crippen molar-refractivity contribution in [2.24, 2.45) is 22.0 Å². The third kappa shape index (κ3) is 5.66. The number of carbonyl (C=O) groups is 1. The van der Waals surface area contributed by atoms with Crippen LogP contribution in [0.2, 0.25) is 15.1 Å². The van der Waals surface area contributed by atoms with E-state index in [4.69, 9.17) is 50.2 Å². The molecule has 0 radical (unpaired) electrons. The van der Waals surface area contributed by atoms with Crippen molar-refractivity contribution in [1.29, 1.82) is 0 Å². The van der Waals surface area contributed by atoms with E-state index in [-0.39, 0.29) is 44.2 Å². The first-order valence-corrected chi connectivity index (χ1v) is 12.9. The molecule has 0 fully saturated rings. The topological polar surface area (TPSA) is 86.3 Å². The molecule has 39 heavy (non-hydrogen) atoms. The lowest BCUT2D eigenvalue weighted by molar-refractivity contribution is -0.275. The Morgan fingerprint density at radius 2 is 1.82 bits per heavy atom. The van der Waals surface area contributed by atoms with Crippen molar-refractivity contribution in [3.63, 3.8) is 0 Å². The Bertz CT molecular complexity index is 1470. The number of halogens is 6. The number of hydrogen-bond donors (Lipinski definition) is 1. The van der Waals surface area contributed by atoms with Crippen LogP contribution in [-0.2, 0) is 21.7 Å². The SMILES string of the molecule is CC(C)CON=CCc1cc(C2=NOC(c3cc(Cl)c(Cl)c(Cl)c3)(C(F)(F)F)C2)c2ccccc2c1C(N)=O. The summed E-state index contributed by atoms with van der Waals surface area (Å²) in [5.41, 5.74) is 3.53. The van der Waals surface area contributed by atoms with Gasteiger partial charge in [-0.1, -0.05) is 83.2 Å². The number of oxime groups is 2. The Morgan fingerprint density at radius 1 is 1.18 bits per heavy atom. The first-order chi connectivity index (χ1) is 18.4. The lowest BCUT2D eigenvalue weighted by atomic mass is 9.84. The second-order valence-electron chi connectivity index (χ2n) is 9.43. The maximum Gasteiger partial charge on any atom is 0.435 e. The van der Waals surface area contributed by atoms with Crippen LogP contribution in [0, 0.1) is 5.92 Å². The van der Waals surface area contributed by atoms with E-state index in [0.717, 1.165) is 12.1 Å². The van der Waals surface area contributed by atoms with Crippen LogP contribution in [0.25, 0.3) is 10.8 Å². The number of primary amides is 1. The lowest BCUT2D eigenvalue weighted by Gasteiger charge is -2.30. The van der Waals surface area contributed by atoms with Crippen LogP contribution in [0.1, 0.15) is 47.3 Å². The molecule has 2 N–H and O–H groups in total. The average Bonchev–Trinajstić information content (AvgIpc) is 3.32. The zero-order chi connectivity index (χ0) is 28.5. The fourth-order valence-corrected chi connectivity index (χ4v) is 4.94. The maximum atomic E-state index is 14.6. The van der Waals surface area contributed by atoms with Crippen LogP contribution in [0.3, 0.4) is 0 Å². The Hall–Kier alpha value is -3.01. The smallest absolute Gasteiger partial charge is 0.396 e. The van der Waals surface area contributed by atoms with E-state index in [1.807, 2.05) is 13.8 Å². The Labute approximate surface area is 237 Å². The highest BCUT2D eigenvalue weighted by atomic mass is 35.5. The number of benzene rings is 3. The summed E-state index contributed by atoms with van der Waals surface area (Å²) in [5, 5.41) is 8.35. The standard InChI is InChI=1S/C27H23Cl3F3N3O3/c1-14(2)13-38-35-8-7-15-9-19(17-5-3-4-6-18(17)23(15)25(34)37)22-12-26(39-36-22,27(31,32)33)16-10-20(28)24(30)21(29)11-16/h3-6,8-11,14H,7,12-13H2,1-2H3,(H2,34,37). The first-order valence-electron chi connectivity index (χ1n) is 11.8. The molecule has 3 aromatic carbocycles. The second kappa shape index (κ2) is 11.2. The number of amides is 1. The van der Waals surface area contributed by atoms with Crippen molar-refractivity contribution >= 4 is 63.4 Å². The summed E-state index contributed by atoms with van der Waals surface area (Å²) in [6.45, 7) is 4.33. The molecule has 0 saturated heterocycles. The first kappa shape index (κ1) is 29.0. The molecule has 12 heteroatoms. The van der Waals surface area contributed by atoms with Crippen molar-refractivity contribution in [2.45, 2.75) is 38.5 Å². The summed E-state index contributed by atoms with van der Waals surface area (Å²) in [6, 6.07) is 10.4. The van der Waals surface area contributed by atoms with Crippen molar-refractivity contribution < 1.29 is 27.6 Å². The van der Waals surface area contributed by atoms with Crippen LogP contribution >= 0.6 is 34.8 Å². The van der Waals surface area contributed by atoms with Crippen molar-refractivity contribution in [3.8, 4) is 0 Å². The molecule has 1 atom stereocenters. The van der Waals surface area contributed by atoms with Crippen LogP contribution in [0.5, 0.6) is 0 Å². The van der Waals surface area contributed by atoms with Gasteiger partial charge in [0.1, 0.15) is 6.61 Å². The molecule has 0 spiro atoms. The van der Waals surface area contributed by atoms with Gasteiger partial charge in [-0.2, -0.15) is 13.2 Å². The predicted molar refractivity (Wildman–Crippen MR) is 147 cm³/mol. The van der Waals surface area contributed by atoms with Crippen molar-refractivity contribution in [2.75, 3.05) is 6.61 Å². The predicted octanol–water partition coefficient (Wildman–Crippen LogP) is 7.68. The van der Waals surface area contributed by atoms with Gasteiger partial charge in [0.25, 0.3) is 5.60 Å². The van der Waals surface area contributed by atoms with Gasteiger partial charge in [-0.05, 0) is 40.5 Å². The van der Waals surface area contributed by atoms with E-state index >= 15 is 0 Å². The van der Waals surface area contributed by atoms with E-state index in [9.17, 15) is 18.0 Å². The van der Waals surface area contributed by atoms with E-state index in [1.165, 1.54) is 6.21 Å². The molecule has 3 aromatic rings. The highest BCUT2D eigenvalue weighted by molar-refractivity contribution is 6.48. The number of fused-ring (bicyclic) bond motifs is 1. The molecule has 6 nitrogen and oxygen atoms in total. The van der Waals surface area contributed by atoms with Crippen LogP contribution in [0.4, 0.5) is 13.2 Å². The normalized spacial score (nSPS) is 17.6. The second-order valence-corrected chi connectivity index (χ2v) is 10.6. The summed E-state index contributed by atoms with van der Waals surface area (Å²) < 4.78 is 43.8. The van der Waals surface area contributed by atoms with E-state index < -0.39 is 24.1 Å². The van der Waals surface area contributed by atoms with Crippen LogP contribution in [-0.4, -0.2) is 30.6 Å². The number of nitrogens with two attached hydrogens (primary N) is 1. The molecule has 0 saturated carbocycles. The van der Waals surface area contributed by atoms with Gasteiger partial charge in [-0.15, -0.1) is 0 Å². The molecule has 4 rings (SSSR count). The van der Waals surface area contributed by atoms with Gasteiger partial charge in [0, 0.05) is 30.2 Å². The third-order valence-corrected chi connectivity index (χ3v) is 7.38. The fourth-order valence-electron chi connectivity index (χ4n) is 4.34. The molecule has 1 heterocycles. The molecule has 1 aliphatic heterocycles. The van der Waals surface area contributed by atoms with Crippen LogP contribution < -0.4 is 5.73 Å². The summed E-state index contributed by atoms with van der Waals surface area (Å²) in [4.78, 5) is 22.9. The number of alkyl halides is 3. The van der Waals surface area contributed by atoms with Gasteiger partial charge in [0.05, 0.1) is 26.3 Å². The summed E-state index contributed by atoms with van der Waals surface area (Å²) in [7, 11) is 0. The molecular weight excluding hydrogens is 578 g/mol.